The molecular weight excluding hydrogens is 249 g/mol. The zero-order valence-electron chi connectivity index (χ0n) is 8.69. The Hall–Kier alpha value is -2.44. The molecule has 0 radical (unpaired) electrons. The van der Waals surface area contributed by atoms with Crippen molar-refractivity contribution in [3.8, 4) is 11.3 Å². The number of rotatable bonds is 2. The molecule has 0 atom stereocenters. The van der Waals surface area contributed by atoms with E-state index < -0.39 is 40.4 Å². The summed E-state index contributed by atoms with van der Waals surface area (Å²) in [5.41, 5.74) is -2.39. The molecule has 2 aromatic rings. The third kappa shape index (κ3) is 1.90. The summed E-state index contributed by atoms with van der Waals surface area (Å²) in [7, 11) is 0. The van der Waals surface area contributed by atoms with Crippen molar-refractivity contribution < 1.29 is 23.1 Å². The van der Waals surface area contributed by atoms with Gasteiger partial charge in [0.25, 0.3) is 0 Å². The van der Waals surface area contributed by atoms with Crippen LogP contribution in [0.15, 0.2) is 24.5 Å². The second kappa shape index (κ2) is 4.44. The predicted molar refractivity (Wildman–Crippen MR) is 54.3 cm³/mol. The molecule has 1 aromatic heterocycles. The normalized spacial score (nSPS) is 10.4. The fourth-order valence-corrected chi connectivity index (χ4v) is 1.42. The highest BCUT2D eigenvalue weighted by Crippen LogP contribution is 2.27. The Labute approximate surface area is 98.7 Å². The van der Waals surface area contributed by atoms with Crippen molar-refractivity contribution in [3.63, 3.8) is 0 Å². The Balaban J connectivity index is 2.73. The Morgan fingerprint density at radius 1 is 1.11 bits per heavy atom. The van der Waals surface area contributed by atoms with Gasteiger partial charge in [-0.3, -0.25) is 0 Å². The van der Waals surface area contributed by atoms with Gasteiger partial charge in [-0.05, 0) is 12.1 Å². The molecule has 0 saturated heterocycles. The van der Waals surface area contributed by atoms with E-state index in [1.807, 2.05) is 0 Å². The minimum atomic E-state index is -1.65. The summed E-state index contributed by atoms with van der Waals surface area (Å²) in [6.07, 6.45) is 0.730. The summed E-state index contributed by atoms with van der Waals surface area (Å²) < 4.78 is 40.6. The maximum atomic E-state index is 13.7. The summed E-state index contributed by atoms with van der Waals surface area (Å²) in [5.74, 6) is -5.10. The summed E-state index contributed by atoms with van der Waals surface area (Å²) in [5, 5.41) is 8.66. The van der Waals surface area contributed by atoms with Crippen LogP contribution in [-0.4, -0.2) is 21.0 Å². The lowest BCUT2D eigenvalue weighted by Crippen LogP contribution is -2.08. The highest BCUT2D eigenvalue weighted by molar-refractivity contribution is 5.87. The smallest absolute Gasteiger partial charge is 0.357 e. The van der Waals surface area contributed by atoms with Gasteiger partial charge in [-0.1, -0.05) is 6.07 Å². The van der Waals surface area contributed by atoms with E-state index in [1.165, 1.54) is 0 Å². The summed E-state index contributed by atoms with van der Waals surface area (Å²) in [6.45, 7) is 0. The van der Waals surface area contributed by atoms with Gasteiger partial charge in [0.05, 0.1) is 5.56 Å². The first kappa shape index (κ1) is 12.0. The van der Waals surface area contributed by atoms with Crippen LogP contribution < -0.4 is 0 Å². The first-order chi connectivity index (χ1) is 8.52. The van der Waals surface area contributed by atoms with Crippen LogP contribution in [0, 0.1) is 17.5 Å². The zero-order valence-corrected chi connectivity index (χ0v) is 8.69. The second-order valence-corrected chi connectivity index (χ2v) is 3.29. The Bertz CT molecular complexity index is 611. The molecule has 0 unspecified atom stereocenters. The molecule has 0 aliphatic carbocycles. The summed E-state index contributed by atoms with van der Waals surface area (Å²) >= 11 is 0. The van der Waals surface area contributed by atoms with Gasteiger partial charge in [-0.25, -0.2) is 27.9 Å². The van der Waals surface area contributed by atoms with Gasteiger partial charge >= 0.3 is 5.97 Å². The van der Waals surface area contributed by atoms with Crippen LogP contribution in [0.2, 0.25) is 0 Å². The number of carbonyl (C=O) groups is 1. The van der Waals surface area contributed by atoms with Gasteiger partial charge in [0.2, 0.25) is 0 Å². The van der Waals surface area contributed by atoms with E-state index in [0.29, 0.717) is 0 Å². The van der Waals surface area contributed by atoms with Crippen molar-refractivity contribution in [1.29, 1.82) is 0 Å². The number of hydrogen-bond acceptors (Lipinski definition) is 3. The number of nitrogens with zero attached hydrogens (tertiary/aromatic N) is 2. The maximum absolute atomic E-state index is 13.7. The summed E-state index contributed by atoms with van der Waals surface area (Å²) in [4.78, 5) is 17.2. The van der Waals surface area contributed by atoms with Crippen molar-refractivity contribution in [2.45, 2.75) is 0 Å². The monoisotopic (exact) mass is 254 g/mol. The van der Waals surface area contributed by atoms with Crippen LogP contribution in [0.25, 0.3) is 11.3 Å². The quantitative estimate of drug-likeness (QED) is 0.892. The van der Waals surface area contributed by atoms with Crippen LogP contribution >= 0.6 is 0 Å². The number of halogens is 3. The molecule has 0 fully saturated rings. The van der Waals surface area contributed by atoms with Crippen LogP contribution in [0.5, 0.6) is 0 Å². The van der Waals surface area contributed by atoms with Crippen LogP contribution in [0.4, 0.5) is 13.2 Å². The minimum Gasteiger partial charge on any atom is -0.476 e. The third-order valence-electron chi connectivity index (χ3n) is 2.19. The lowest BCUT2D eigenvalue weighted by molar-refractivity contribution is 0.0684. The number of hydrogen-bond donors (Lipinski definition) is 1. The first-order valence-electron chi connectivity index (χ1n) is 4.70. The zero-order chi connectivity index (χ0) is 13.3. The van der Waals surface area contributed by atoms with Crippen molar-refractivity contribution in [3.05, 3.63) is 47.7 Å². The number of aromatic carboxylic acids is 1. The molecule has 0 saturated carbocycles. The Morgan fingerprint density at radius 3 is 2.28 bits per heavy atom. The SMILES string of the molecule is O=C(O)c1ncnc(-c2c(F)cccc2F)c1F. The Kier molecular flexibility index (Phi) is 2.97. The third-order valence-corrected chi connectivity index (χ3v) is 2.19. The number of benzene rings is 1. The van der Waals surface area contributed by atoms with E-state index in [1.54, 1.807) is 0 Å². The van der Waals surface area contributed by atoms with Crippen molar-refractivity contribution in [2.24, 2.45) is 0 Å². The van der Waals surface area contributed by atoms with Gasteiger partial charge in [0, 0.05) is 0 Å². The number of aromatic nitrogens is 2. The molecule has 7 heteroatoms. The lowest BCUT2D eigenvalue weighted by Gasteiger charge is -2.06. The van der Waals surface area contributed by atoms with Crippen molar-refractivity contribution >= 4 is 5.97 Å². The minimum absolute atomic E-state index is 0.722. The molecule has 1 aromatic carbocycles. The largest absolute Gasteiger partial charge is 0.476 e. The van der Waals surface area contributed by atoms with E-state index in [2.05, 4.69) is 9.97 Å². The van der Waals surface area contributed by atoms with E-state index in [9.17, 15) is 18.0 Å². The van der Waals surface area contributed by atoms with Gasteiger partial charge in [0.15, 0.2) is 11.5 Å². The van der Waals surface area contributed by atoms with Crippen LogP contribution in [0.3, 0.4) is 0 Å². The van der Waals surface area contributed by atoms with Crippen molar-refractivity contribution in [2.75, 3.05) is 0 Å². The number of carboxylic acid groups (broad SMARTS) is 1. The van der Waals surface area contributed by atoms with E-state index in [4.69, 9.17) is 5.11 Å². The van der Waals surface area contributed by atoms with Gasteiger partial charge in [-0.2, -0.15) is 0 Å². The molecule has 2 rings (SSSR count). The fourth-order valence-electron chi connectivity index (χ4n) is 1.42. The molecule has 1 N–H and O–H groups in total. The predicted octanol–water partition coefficient (Wildman–Crippen LogP) is 2.26. The van der Waals surface area contributed by atoms with Gasteiger partial charge in [-0.15, -0.1) is 0 Å². The van der Waals surface area contributed by atoms with Crippen LogP contribution in [0.1, 0.15) is 10.5 Å². The highest BCUT2D eigenvalue weighted by atomic mass is 19.1. The van der Waals surface area contributed by atoms with E-state index >= 15 is 0 Å². The van der Waals surface area contributed by atoms with Crippen molar-refractivity contribution in [1.82, 2.24) is 9.97 Å². The summed E-state index contributed by atoms with van der Waals surface area (Å²) in [6, 6.07) is 2.94. The first-order valence-corrected chi connectivity index (χ1v) is 4.70. The van der Waals surface area contributed by atoms with Gasteiger partial charge < -0.3 is 5.11 Å². The van der Waals surface area contributed by atoms with Crippen LogP contribution in [-0.2, 0) is 0 Å². The Morgan fingerprint density at radius 2 is 1.72 bits per heavy atom. The van der Waals surface area contributed by atoms with E-state index in [-0.39, 0.29) is 0 Å². The molecule has 0 aliphatic rings. The van der Waals surface area contributed by atoms with Gasteiger partial charge in [0.1, 0.15) is 23.7 Å². The van der Waals surface area contributed by atoms with E-state index in [0.717, 1.165) is 24.5 Å². The molecule has 92 valence electrons. The topological polar surface area (TPSA) is 63.1 Å². The molecule has 0 bridgehead atoms. The average molecular weight is 254 g/mol. The number of carboxylic acids is 1. The maximum Gasteiger partial charge on any atom is 0.357 e. The standard InChI is InChI=1S/C11H5F3N2O2/c12-5-2-1-3-6(13)7(5)9-8(14)10(11(17)18)16-4-15-9/h1-4H,(H,17,18). The fraction of sp³-hybridized carbons (Fsp3) is 0. The molecule has 0 spiro atoms. The second-order valence-electron chi connectivity index (χ2n) is 3.29. The molecule has 1 heterocycles. The molecule has 18 heavy (non-hydrogen) atoms. The lowest BCUT2D eigenvalue weighted by atomic mass is 10.1. The molecule has 4 nitrogen and oxygen atoms in total. The molecule has 0 aliphatic heterocycles. The highest BCUT2D eigenvalue weighted by Gasteiger charge is 2.22. The molecule has 0 amide bonds. The average Bonchev–Trinajstić information content (AvgIpc) is 2.30. The molecular formula is C11H5F3N2O2.